The zero-order chi connectivity index (χ0) is 17.0. The molecule has 1 aromatic carbocycles. The van der Waals surface area contributed by atoms with Gasteiger partial charge in [-0.1, -0.05) is 6.07 Å². The second-order valence-corrected chi connectivity index (χ2v) is 6.25. The molecule has 2 aromatic rings. The Morgan fingerprint density at radius 3 is 2.39 bits per heavy atom. The highest BCUT2D eigenvalue weighted by atomic mass is 32.2. The number of hydrogen-bond acceptors (Lipinski definition) is 6. The molecule has 1 unspecified atom stereocenters. The first-order chi connectivity index (χ1) is 10.8. The van der Waals surface area contributed by atoms with E-state index in [0.717, 1.165) is 0 Å². The average molecular weight is 332 g/mol. The second kappa shape index (κ2) is 6.43. The van der Waals surface area contributed by atoms with Crippen LogP contribution in [0.4, 0.5) is 0 Å². The summed E-state index contributed by atoms with van der Waals surface area (Å²) in [6.07, 6.45) is 1.20. The van der Waals surface area contributed by atoms with Crippen LogP contribution in [0, 0.1) is 11.3 Å². The predicted octanol–water partition coefficient (Wildman–Crippen LogP) is 0.164. The number of nitrogens with zero attached hydrogens (tertiary/aromatic N) is 2. The van der Waals surface area contributed by atoms with Gasteiger partial charge in [-0.3, -0.25) is 4.79 Å². The quantitative estimate of drug-likeness (QED) is 0.711. The van der Waals surface area contributed by atoms with Crippen LogP contribution in [0.1, 0.15) is 17.3 Å². The van der Waals surface area contributed by atoms with Gasteiger partial charge in [0.15, 0.2) is 0 Å². The standard InChI is InChI=1S/C14H12N4O4S/c15-7-10-2-1-9(8-17-10)13(14(16)20)18-23(21,22)12-5-3-11(19)4-6-12/h1-6,8,13,18-19H,(H2,16,20). The van der Waals surface area contributed by atoms with Crippen LogP contribution in [0.3, 0.4) is 0 Å². The third-order valence-corrected chi connectivity index (χ3v) is 4.38. The fourth-order valence-electron chi connectivity index (χ4n) is 1.78. The van der Waals surface area contributed by atoms with E-state index in [1.807, 2.05) is 6.07 Å². The maximum Gasteiger partial charge on any atom is 0.241 e. The smallest absolute Gasteiger partial charge is 0.241 e. The number of phenolic OH excluding ortho intramolecular Hbond substituents is 1. The minimum Gasteiger partial charge on any atom is -0.508 e. The van der Waals surface area contributed by atoms with Gasteiger partial charge >= 0.3 is 0 Å². The van der Waals surface area contributed by atoms with Crippen molar-refractivity contribution in [1.29, 1.82) is 5.26 Å². The molecule has 9 heteroatoms. The summed E-state index contributed by atoms with van der Waals surface area (Å²) >= 11 is 0. The summed E-state index contributed by atoms with van der Waals surface area (Å²) in [6, 6.07) is 8.00. The molecule has 1 aromatic heterocycles. The fraction of sp³-hybridized carbons (Fsp3) is 0.0714. The molecule has 1 atom stereocenters. The number of benzene rings is 1. The van der Waals surface area contributed by atoms with Crippen molar-refractivity contribution < 1.29 is 18.3 Å². The van der Waals surface area contributed by atoms with E-state index in [9.17, 15) is 18.3 Å². The van der Waals surface area contributed by atoms with Crippen molar-refractivity contribution in [3.63, 3.8) is 0 Å². The molecule has 0 aliphatic carbocycles. The van der Waals surface area contributed by atoms with Gasteiger partial charge in [0, 0.05) is 6.20 Å². The molecule has 118 valence electrons. The first-order valence-corrected chi connectivity index (χ1v) is 7.78. The topological polar surface area (TPSA) is 146 Å². The molecule has 4 N–H and O–H groups in total. The molecule has 2 rings (SSSR count). The number of carbonyl (C=O) groups is 1. The van der Waals surface area contributed by atoms with Crippen molar-refractivity contribution in [1.82, 2.24) is 9.71 Å². The number of nitrogens with one attached hydrogen (secondary N) is 1. The normalized spacial score (nSPS) is 12.3. The number of carbonyl (C=O) groups excluding carboxylic acids is 1. The molecule has 0 aliphatic rings. The van der Waals surface area contributed by atoms with Crippen LogP contribution < -0.4 is 10.5 Å². The minimum absolute atomic E-state index is 0.0910. The SMILES string of the molecule is N#Cc1ccc(C(NS(=O)(=O)c2ccc(O)cc2)C(N)=O)cn1. The van der Waals surface area contributed by atoms with E-state index in [-0.39, 0.29) is 21.9 Å². The molecule has 0 aliphatic heterocycles. The number of phenols is 1. The van der Waals surface area contributed by atoms with Gasteiger partial charge < -0.3 is 10.8 Å². The van der Waals surface area contributed by atoms with Crippen molar-refractivity contribution in [3.8, 4) is 11.8 Å². The van der Waals surface area contributed by atoms with Crippen LogP contribution in [-0.2, 0) is 14.8 Å². The van der Waals surface area contributed by atoms with E-state index in [4.69, 9.17) is 11.0 Å². The minimum atomic E-state index is -4.04. The van der Waals surface area contributed by atoms with Gasteiger partial charge in [0.2, 0.25) is 15.9 Å². The van der Waals surface area contributed by atoms with Crippen LogP contribution in [0.5, 0.6) is 5.75 Å². The molecule has 0 bridgehead atoms. The Hall–Kier alpha value is -2.96. The van der Waals surface area contributed by atoms with Gasteiger partial charge in [0.25, 0.3) is 0 Å². The van der Waals surface area contributed by atoms with Gasteiger partial charge in [0.1, 0.15) is 23.6 Å². The van der Waals surface area contributed by atoms with Crippen molar-refractivity contribution >= 4 is 15.9 Å². The highest BCUT2D eigenvalue weighted by Gasteiger charge is 2.25. The highest BCUT2D eigenvalue weighted by molar-refractivity contribution is 7.89. The number of nitriles is 1. The number of aromatic hydroxyl groups is 1. The molecule has 0 saturated carbocycles. The van der Waals surface area contributed by atoms with Crippen LogP contribution in [0.2, 0.25) is 0 Å². The number of pyridine rings is 1. The lowest BCUT2D eigenvalue weighted by atomic mass is 10.1. The van der Waals surface area contributed by atoms with E-state index < -0.39 is 22.0 Å². The zero-order valence-corrected chi connectivity index (χ0v) is 12.5. The second-order valence-electron chi connectivity index (χ2n) is 4.54. The summed E-state index contributed by atoms with van der Waals surface area (Å²) < 4.78 is 26.7. The van der Waals surface area contributed by atoms with Crippen LogP contribution in [0.25, 0.3) is 0 Å². The number of nitrogens with two attached hydrogens (primary N) is 1. The van der Waals surface area contributed by atoms with Gasteiger partial charge in [-0.05, 0) is 35.9 Å². The van der Waals surface area contributed by atoms with E-state index in [0.29, 0.717) is 0 Å². The number of aromatic nitrogens is 1. The van der Waals surface area contributed by atoms with E-state index in [2.05, 4.69) is 9.71 Å². The summed E-state index contributed by atoms with van der Waals surface area (Å²) in [7, 11) is -4.04. The summed E-state index contributed by atoms with van der Waals surface area (Å²) in [5.41, 5.74) is 5.58. The van der Waals surface area contributed by atoms with Gasteiger partial charge in [0.05, 0.1) is 4.90 Å². The highest BCUT2D eigenvalue weighted by Crippen LogP contribution is 2.19. The predicted molar refractivity (Wildman–Crippen MR) is 79.3 cm³/mol. The first-order valence-electron chi connectivity index (χ1n) is 6.30. The Kier molecular flexibility index (Phi) is 4.59. The molecular formula is C14H12N4O4S. The molecule has 0 saturated heterocycles. The third kappa shape index (κ3) is 3.82. The van der Waals surface area contributed by atoms with E-state index >= 15 is 0 Å². The maximum absolute atomic E-state index is 12.3. The molecule has 0 spiro atoms. The largest absolute Gasteiger partial charge is 0.508 e. The Morgan fingerprint density at radius 2 is 1.91 bits per heavy atom. The fourth-order valence-corrected chi connectivity index (χ4v) is 2.97. The molecule has 0 radical (unpaired) electrons. The average Bonchev–Trinajstić information content (AvgIpc) is 2.53. The lowest BCUT2D eigenvalue weighted by Crippen LogP contribution is -2.37. The van der Waals surface area contributed by atoms with Gasteiger partial charge in [-0.15, -0.1) is 0 Å². The van der Waals surface area contributed by atoms with Crippen molar-refractivity contribution in [2.75, 3.05) is 0 Å². The molecule has 23 heavy (non-hydrogen) atoms. The molecule has 1 amide bonds. The number of primary amides is 1. The van der Waals surface area contributed by atoms with Crippen LogP contribution in [0.15, 0.2) is 47.5 Å². The Balaban J connectivity index is 2.33. The third-order valence-electron chi connectivity index (χ3n) is 2.94. The Labute approximate surface area is 132 Å². The Morgan fingerprint density at radius 1 is 1.26 bits per heavy atom. The number of sulfonamides is 1. The Bertz CT molecular complexity index is 855. The monoisotopic (exact) mass is 332 g/mol. The zero-order valence-electron chi connectivity index (χ0n) is 11.7. The molecule has 1 heterocycles. The molecular weight excluding hydrogens is 320 g/mol. The summed E-state index contributed by atoms with van der Waals surface area (Å²) in [6.45, 7) is 0. The summed E-state index contributed by atoms with van der Waals surface area (Å²) in [5.74, 6) is -1.01. The van der Waals surface area contributed by atoms with Gasteiger partial charge in [-0.25, -0.2) is 13.4 Å². The first kappa shape index (κ1) is 16.4. The lowest BCUT2D eigenvalue weighted by Gasteiger charge is -2.16. The summed E-state index contributed by atoms with van der Waals surface area (Å²) in [5, 5.41) is 17.9. The summed E-state index contributed by atoms with van der Waals surface area (Å²) in [4.78, 5) is 15.2. The maximum atomic E-state index is 12.3. The van der Waals surface area contributed by atoms with Crippen molar-refractivity contribution in [2.24, 2.45) is 5.73 Å². The molecule has 8 nitrogen and oxygen atoms in total. The molecule has 0 fully saturated rings. The van der Waals surface area contributed by atoms with Crippen LogP contribution >= 0.6 is 0 Å². The van der Waals surface area contributed by atoms with E-state index in [1.54, 1.807) is 0 Å². The van der Waals surface area contributed by atoms with E-state index in [1.165, 1.54) is 42.6 Å². The number of rotatable bonds is 5. The number of amides is 1. The van der Waals surface area contributed by atoms with Crippen molar-refractivity contribution in [2.45, 2.75) is 10.9 Å². The number of hydrogen-bond donors (Lipinski definition) is 3. The van der Waals surface area contributed by atoms with Crippen LogP contribution in [-0.4, -0.2) is 24.4 Å². The van der Waals surface area contributed by atoms with Crippen molar-refractivity contribution in [3.05, 3.63) is 53.9 Å². The van der Waals surface area contributed by atoms with Gasteiger partial charge in [-0.2, -0.15) is 9.98 Å². The lowest BCUT2D eigenvalue weighted by molar-refractivity contribution is -0.119.